The van der Waals surface area contributed by atoms with Crippen LogP contribution in [0.15, 0.2) is 0 Å². The molecule has 0 aromatic carbocycles. The van der Waals surface area contributed by atoms with Gasteiger partial charge in [0.15, 0.2) is 0 Å². The summed E-state index contributed by atoms with van der Waals surface area (Å²) >= 11 is 0. The van der Waals surface area contributed by atoms with Crippen molar-refractivity contribution in [1.29, 1.82) is 0 Å². The van der Waals surface area contributed by atoms with Gasteiger partial charge < -0.3 is 4.74 Å². The lowest BCUT2D eigenvalue weighted by molar-refractivity contribution is -0.168. The van der Waals surface area contributed by atoms with Gasteiger partial charge in [-0.2, -0.15) is 0 Å². The van der Waals surface area contributed by atoms with Crippen LogP contribution in [0.2, 0.25) is 0 Å². The van der Waals surface area contributed by atoms with Crippen molar-refractivity contribution in [2.75, 3.05) is 0 Å². The van der Waals surface area contributed by atoms with Crippen molar-refractivity contribution < 1.29 is 14.3 Å². The molecular formula is C21H30O3. The van der Waals surface area contributed by atoms with Gasteiger partial charge in [-0.3, -0.25) is 9.59 Å². The molecule has 0 amide bonds. The molecule has 5 rings (SSSR count). The predicted molar refractivity (Wildman–Crippen MR) is 90.2 cm³/mol. The average Bonchev–Trinajstić information content (AvgIpc) is 3.08. The summed E-state index contributed by atoms with van der Waals surface area (Å²) in [6, 6.07) is 0. The van der Waals surface area contributed by atoms with Crippen LogP contribution in [-0.2, 0) is 14.3 Å². The summed E-state index contributed by atoms with van der Waals surface area (Å²) in [6.07, 6.45) is 11.9. The second-order valence-corrected chi connectivity index (χ2v) is 9.68. The van der Waals surface area contributed by atoms with Crippen LogP contribution in [0.3, 0.4) is 0 Å². The number of esters is 1. The van der Waals surface area contributed by atoms with Crippen molar-refractivity contribution in [3.8, 4) is 0 Å². The van der Waals surface area contributed by atoms with E-state index in [2.05, 4.69) is 6.92 Å². The summed E-state index contributed by atoms with van der Waals surface area (Å²) in [4.78, 5) is 23.7. The average molecular weight is 330 g/mol. The van der Waals surface area contributed by atoms with E-state index in [9.17, 15) is 9.59 Å². The highest BCUT2D eigenvalue weighted by molar-refractivity contribution is 5.79. The molecule has 1 saturated heterocycles. The number of fused-ring (bicyclic) bond motifs is 6. The van der Waals surface area contributed by atoms with E-state index in [-0.39, 0.29) is 17.0 Å². The number of Topliss-reactive ketones (excluding diaryl/α,β-unsaturated/α-hetero) is 1. The number of ether oxygens (including phenoxy) is 1. The smallest absolute Gasteiger partial charge is 0.306 e. The van der Waals surface area contributed by atoms with E-state index in [1.165, 1.54) is 32.1 Å². The normalized spacial score (nSPS) is 53.5. The van der Waals surface area contributed by atoms with Gasteiger partial charge in [-0.1, -0.05) is 6.92 Å². The maximum absolute atomic E-state index is 11.9. The van der Waals surface area contributed by atoms with E-state index in [0.717, 1.165) is 55.8 Å². The Hall–Kier alpha value is -0.860. The van der Waals surface area contributed by atoms with Crippen LogP contribution in [-0.4, -0.2) is 17.4 Å². The van der Waals surface area contributed by atoms with Crippen molar-refractivity contribution in [3.05, 3.63) is 0 Å². The monoisotopic (exact) mass is 330 g/mol. The van der Waals surface area contributed by atoms with Gasteiger partial charge >= 0.3 is 5.97 Å². The Morgan fingerprint density at radius 2 is 1.75 bits per heavy atom. The number of ketones is 1. The molecule has 5 fully saturated rings. The minimum atomic E-state index is -0.140. The molecule has 1 spiro atoms. The molecule has 24 heavy (non-hydrogen) atoms. The van der Waals surface area contributed by atoms with Crippen LogP contribution in [0.4, 0.5) is 0 Å². The molecule has 4 aliphatic carbocycles. The summed E-state index contributed by atoms with van der Waals surface area (Å²) < 4.78 is 6.00. The fraction of sp³-hybridized carbons (Fsp3) is 0.905. The Balaban J connectivity index is 1.42. The molecule has 0 aromatic heterocycles. The van der Waals surface area contributed by atoms with Crippen molar-refractivity contribution in [1.82, 2.24) is 0 Å². The second kappa shape index (κ2) is 5.08. The van der Waals surface area contributed by atoms with Gasteiger partial charge in [-0.05, 0) is 81.0 Å². The zero-order valence-corrected chi connectivity index (χ0v) is 14.9. The standard InChI is InChI=1S/C21H30O3/c1-20-9-6-16-15-5-3-14(22)12-13(15)2-4-17(16)18(20)7-10-21(20)11-8-19(23)24-21/h13,15-18H,2-12H2,1H3/t13-,15+,16+,17-,18+,20-,21-/m0/s1. The lowest BCUT2D eigenvalue weighted by Gasteiger charge is -2.56. The predicted octanol–water partition coefficient (Wildman–Crippen LogP) is 4.28. The summed E-state index contributed by atoms with van der Waals surface area (Å²) in [5, 5.41) is 0. The van der Waals surface area contributed by atoms with Crippen molar-refractivity contribution in [2.45, 2.75) is 83.2 Å². The summed E-state index contributed by atoms with van der Waals surface area (Å²) in [7, 11) is 0. The first-order valence-electron chi connectivity index (χ1n) is 10.3. The molecule has 0 N–H and O–H groups in total. The summed E-state index contributed by atoms with van der Waals surface area (Å²) in [5.74, 6) is 4.41. The molecule has 5 aliphatic rings. The third-order valence-corrected chi connectivity index (χ3v) is 9.10. The molecule has 132 valence electrons. The van der Waals surface area contributed by atoms with Crippen LogP contribution < -0.4 is 0 Å². The van der Waals surface area contributed by atoms with Gasteiger partial charge in [0.1, 0.15) is 11.4 Å². The fourth-order valence-electron chi connectivity index (χ4n) is 7.95. The third-order valence-electron chi connectivity index (χ3n) is 9.10. The van der Waals surface area contributed by atoms with E-state index in [1.807, 2.05) is 0 Å². The Labute approximate surface area is 144 Å². The molecular weight excluding hydrogens is 300 g/mol. The van der Waals surface area contributed by atoms with Gasteiger partial charge in [0.25, 0.3) is 0 Å². The SMILES string of the molecule is C[C@]12CC[C@@H]3[C@@H]4CCC(=O)C[C@@H]4CC[C@@H]3[C@H]1CC[C@]21CCC(=O)O1. The second-order valence-electron chi connectivity index (χ2n) is 9.68. The van der Waals surface area contributed by atoms with Gasteiger partial charge in [0.2, 0.25) is 0 Å². The number of hydrogen-bond acceptors (Lipinski definition) is 3. The van der Waals surface area contributed by atoms with Gasteiger partial charge in [-0.15, -0.1) is 0 Å². The maximum Gasteiger partial charge on any atom is 0.306 e. The van der Waals surface area contributed by atoms with Gasteiger partial charge in [-0.25, -0.2) is 0 Å². The highest BCUT2D eigenvalue weighted by atomic mass is 16.6. The van der Waals surface area contributed by atoms with Crippen molar-refractivity contribution in [2.24, 2.45) is 35.0 Å². The van der Waals surface area contributed by atoms with E-state index in [0.29, 0.717) is 18.1 Å². The third kappa shape index (κ3) is 1.90. The highest BCUT2D eigenvalue weighted by Gasteiger charge is 2.66. The van der Waals surface area contributed by atoms with Crippen LogP contribution in [0, 0.1) is 35.0 Å². The van der Waals surface area contributed by atoms with Crippen LogP contribution in [0.1, 0.15) is 77.6 Å². The number of carbonyl (C=O) groups is 2. The Kier molecular flexibility index (Phi) is 3.26. The van der Waals surface area contributed by atoms with E-state index < -0.39 is 0 Å². The van der Waals surface area contributed by atoms with Crippen LogP contribution in [0.25, 0.3) is 0 Å². The zero-order chi connectivity index (χ0) is 16.5. The van der Waals surface area contributed by atoms with E-state index >= 15 is 0 Å². The Bertz CT molecular complexity index is 584. The van der Waals surface area contributed by atoms with Crippen LogP contribution in [0.5, 0.6) is 0 Å². The Morgan fingerprint density at radius 1 is 0.875 bits per heavy atom. The van der Waals surface area contributed by atoms with Gasteiger partial charge in [0.05, 0.1) is 0 Å². The molecule has 4 saturated carbocycles. The first kappa shape index (κ1) is 15.4. The number of carbonyl (C=O) groups excluding carboxylic acids is 2. The molecule has 1 heterocycles. The first-order chi connectivity index (χ1) is 11.5. The molecule has 1 aliphatic heterocycles. The molecule has 3 nitrogen and oxygen atoms in total. The summed E-state index contributed by atoms with van der Waals surface area (Å²) in [5.41, 5.74) is 0.0662. The van der Waals surface area contributed by atoms with Crippen molar-refractivity contribution >= 4 is 11.8 Å². The minimum absolute atomic E-state index is 0.0356. The van der Waals surface area contributed by atoms with Crippen LogP contribution >= 0.6 is 0 Å². The maximum atomic E-state index is 11.9. The number of rotatable bonds is 0. The molecule has 3 heteroatoms. The topological polar surface area (TPSA) is 43.4 Å². The molecule has 0 aromatic rings. The minimum Gasteiger partial charge on any atom is -0.458 e. The summed E-state index contributed by atoms with van der Waals surface area (Å²) in [6.45, 7) is 2.44. The molecule has 7 atom stereocenters. The first-order valence-corrected chi connectivity index (χ1v) is 10.3. The Morgan fingerprint density at radius 3 is 2.54 bits per heavy atom. The highest BCUT2D eigenvalue weighted by Crippen LogP contribution is 2.67. The number of hydrogen-bond donors (Lipinski definition) is 0. The fourth-order valence-corrected chi connectivity index (χ4v) is 7.95. The lowest BCUT2D eigenvalue weighted by atomic mass is 9.49. The quantitative estimate of drug-likeness (QED) is 0.623. The van der Waals surface area contributed by atoms with Gasteiger partial charge in [0, 0.05) is 24.7 Å². The lowest BCUT2D eigenvalue weighted by Crippen LogP contribution is -2.53. The molecule has 0 unspecified atom stereocenters. The van der Waals surface area contributed by atoms with E-state index in [4.69, 9.17) is 4.74 Å². The van der Waals surface area contributed by atoms with Crippen molar-refractivity contribution in [3.63, 3.8) is 0 Å². The molecule has 0 bridgehead atoms. The molecule has 0 radical (unpaired) electrons. The van der Waals surface area contributed by atoms with E-state index in [1.54, 1.807) is 0 Å². The zero-order valence-electron chi connectivity index (χ0n) is 14.9. The largest absolute Gasteiger partial charge is 0.458 e.